The van der Waals surface area contributed by atoms with Crippen molar-refractivity contribution in [3.05, 3.63) is 59.2 Å². The fourth-order valence-electron chi connectivity index (χ4n) is 2.98. The van der Waals surface area contributed by atoms with Gasteiger partial charge in [0.05, 0.1) is 6.61 Å². The molecule has 0 saturated heterocycles. The molecule has 3 rings (SSSR count). The summed E-state index contributed by atoms with van der Waals surface area (Å²) in [6.07, 6.45) is 3.94. The number of benzene rings is 2. The van der Waals surface area contributed by atoms with Gasteiger partial charge in [-0.25, -0.2) is 0 Å². The molecular formula is C21H23NO3. The smallest absolute Gasteiger partial charge is 0.211 e. The van der Waals surface area contributed by atoms with E-state index in [1.165, 1.54) is 0 Å². The van der Waals surface area contributed by atoms with Crippen molar-refractivity contribution in [3.8, 4) is 11.5 Å². The van der Waals surface area contributed by atoms with Crippen LogP contribution >= 0.6 is 0 Å². The number of aromatic hydroxyl groups is 1. The van der Waals surface area contributed by atoms with E-state index in [1.54, 1.807) is 18.2 Å². The van der Waals surface area contributed by atoms with Gasteiger partial charge in [-0.05, 0) is 30.5 Å². The number of rotatable bonds is 7. The average Bonchev–Trinajstić information content (AvgIpc) is 2.65. The van der Waals surface area contributed by atoms with Gasteiger partial charge in [-0.1, -0.05) is 50.1 Å². The molecule has 0 amide bonds. The Bertz CT molecular complexity index is 781. The van der Waals surface area contributed by atoms with Crippen LogP contribution in [0.5, 0.6) is 11.5 Å². The number of nitrogens with zero attached hydrogens (tertiary/aromatic N) is 1. The van der Waals surface area contributed by atoms with Crippen LogP contribution in [-0.2, 0) is 6.42 Å². The minimum atomic E-state index is -0.113. The first-order valence-corrected chi connectivity index (χ1v) is 8.84. The molecule has 0 bridgehead atoms. The van der Waals surface area contributed by atoms with E-state index in [1.807, 2.05) is 24.3 Å². The highest BCUT2D eigenvalue weighted by Gasteiger charge is 2.23. The van der Waals surface area contributed by atoms with Crippen LogP contribution in [0.3, 0.4) is 0 Å². The Hall–Kier alpha value is -2.62. The van der Waals surface area contributed by atoms with Crippen molar-refractivity contribution in [2.24, 2.45) is 4.99 Å². The van der Waals surface area contributed by atoms with E-state index in [9.17, 15) is 9.90 Å². The van der Waals surface area contributed by atoms with Crippen molar-refractivity contribution >= 4 is 11.5 Å². The largest absolute Gasteiger partial charge is 0.504 e. The zero-order chi connectivity index (χ0) is 17.6. The first kappa shape index (κ1) is 17.2. The molecule has 1 heterocycles. The van der Waals surface area contributed by atoms with Crippen molar-refractivity contribution in [3.63, 3.8) is 0 Å². The number of aliphatic imine (C=N–C) groups is 1. The number of unbranched alkanes of at least 4 members (excludes halogenated alkanes) is 2. The highest BCUT2D eigenvalue weighted by Crippen LogP contribution is 2.32. The van der Waals surface area contributed by atoms with E-state index in [0.717, 1.165) is 31.2 Å². The third kappa shape index (κ3) is 3.90. The van der Waals surface area contributed by atoms with Crippen LogP contribution < -0.4 is 4.74 Å². The summed E-state index contributed by atoms with van der Waals surface area (Å²) in [6, 6.07) is 12.6. The van der Waals surface area contributed by atoms with Crippen molar-refractivity contribution in [2.45, 2.75) is 32.6 Å². The molecule has 1 N–H and O–H groups in total. The number of carbonyl (C=O) groups excluding carboxylic acids is 1. The van der Waals surface area contributed by atoms with E-state index >= 15 is 0 Å². The maximum absolute atomic E-state index is 12.8. The minimum Gasteiger partial charge on any atom is -0.504 e. The third-order valence-electron chi connectivity index (χ3n) is 4.35. The molecule has 0 fully saturated rings. The standard InChI is InChI=1S/C21H23NO3/c1-2-3-7-12-25-19-13-16-10-11-22-20(17(16)14-18(19)23)21(24)15-8-5-4-6-9-15/h4-6,8-9,13-14,23H,2-3,7,10-12H2,1H3. The molecule has 25 heavy (non-hydrogen) atoms. The van der Waals surface area contributed by atoms with E-state index in [0.29, 0.717) is 35.7 Å². The molecule has 0 aliphatic carbocycles. The molecule has 2 aromatic rings. The van der Waals surface area contributed by atoms with Gasteiger partial charge in [0.25, 0.3) is 0 Å². The summed E-state index contributed by atoms with van der Waals surface area (Å²) in [7, 11) is 0. The normalized spacial score (nSPS) is 13.1. The second-order valence-electron chi connectivity index (χ2n) is 6.21. The zero-order valence-electron chi connectivity index (χ0n) is 14.5. The predicted molar refractivity (Wildman–Crippen MR) is 99.0 cm³/mol. The number of fused-ring (bicyclic) bond motifs is 1. The van der Waals surface area contributed by atoms with Crippen LogP contribution in [0.15, 0.2) is 47.5 Å². The van der Waals surface area contributed by atoms with Gasteiger partial charge in [0.2, 0.25) is 5.78 Å². The van der Waals surface area contributed by atoms with E-state index in [-0.39, 0.29) is 11.5 Å². The summed E-state index contributed by atoms with van der Waals surface area (Å²) < 4.78 is 5.71. The Morgan fingerprint density at radius 2 is 2.00 bits per heavy atom. The molecule has 0 aromatic heterocycles. The number of ether oxygens (including phenoxy) is 1. The topological polar surface area (TPSA) is 58.9 Å². The minimum absolute atomic E-state index is 0.0608. The second-order valence-corrected chi connectivity index (χ2v) is 6.21. The maximum Gasteiger partial charge on any atom is 0.211 e. The summed E-state index contributed by atoms with van der Waals surface area (Å²) in [6.45, 7) is 3.30. The van der Waals surface area contributed by atoms with Crippen LogP contribution in [-0.4, -0.2) is 29.8 Å². The van der Waals surface area contributed by atoms with Gasteiger partial charge in [0, 0.05) is 17.7 Å². The van der Waals surface area contributed by atoms with Crippen molar-refractivity contribution < 1.29 is 14.6 Å². The molecule has 4 nitrogen and oxygen atoms in total. The number of phenols is 1. The number of phenolic OH excluding ortho intramolecular Hbond substituents is 1. The lowest BCUT2D eigenvalue weighted by atomic mass is 9.92. The van der Waals surface area contributed by atoms with E-state index in [4.69, 9.17) is 4.74 Å². The molecule has 130 valence electrons. The van der Waals surface area contributed by atoms with E-state index < -0.39 is 0 Å². The Morgan fingerprint density at radius 3 is 2.76 bits per heavy atom. The molecule has 1 aliphatic heterocycles. The number of Topliss-reactive ketones (excluding diaryl/α,β-unsaturated/α-hetero) is 1. The van der Waals surface area contributed by atoms with Crippen LogP contribution in [0, 0.1) is 0 Å². The number of ketones is 1. The molecule has 0 unspecified atom stereocenters. The van der Waals surface area contributed by atoms with Gasteiger partial charge in [0.1, 0.15) is 5.71 Å². The monoisotopic (exact) mass is 337 g/mol. The summed E-state index contributed by atoms with van der Waals surface area (Å²) in [5.41, 5.74) is 2.73. The quantitative estimate of drug-likeness (QED) is 0.609. The number of carbonyl (C=O) groups is 1. The fraction of sp³-hybridized carbons (Fsp3) is 0.333. The summed E-state index contributed by atoms with van der Waals surface area (Å²) in [5.74, 6) is 0.437. The Kier molecular flexibility index (Phi) is 5.49. The molecule has 4 heteroatoms. The van der Waals surface area contributed by atoms with Crippen LogP contribution in [0.25, 0.3) is 0 Å². The molecule has 0 saturated carbocycles. The van der Waals surface area contributed by atoms with Crippen LogP contribution in [0.4, 0.5) is 0 Å². The first-order valence-electron chi connectivity index (χ1n) is 8.84. The third-order valence-corrected chi connectivity index (χ3v) is 4.35. The van der Waals surface area contributed by atoms with Crippen molar-refractivity contribution in [1.82, 2.24) is 0 Å². The highest BCUT2D eigenvalue weighted by atomic mass is 16.5. The van der Waals surface area contributed by atoms with Gasteiger partial charge in [-0.2, -0.15) is 0 Å². The van der Waals surface area contributed by atoms with Gasteiger partial charge < -0.3 is 9.84 Å². The Morgan fingerprint density at radius 1 is 1.20 bits per heavy atom. The molecular weight excluding hydrogens is 314 g/mol. The summed E-state index contributed by atoms with van der Waals surface area (Å²) in [4.78, 5) is 17.2. The fourth-order valence-corrected chi connectivity index (χ4v) is 2.98. The lowest BCUT2D eigenvalue weighted by Gasteiger charge is -2.18. The van der Waals surface area contributed by atoms with Gasteiger partial charge >= 0.3 is 0 Å². The summed E-state index contributed by atoms with van der Waals surface area (Å²) >= 11 is 0. The number of hydrogen-bond acceptors (Lipinski definition) is 4. The highest BCUT2D eigenvalue weighted by molar-refractivity contribution is 6.51. The van der Waals surface area contributed by atoms with Crippen LogP contribution in [0.1, 0.15) is 47.7 Å². The average molecular weight is 337 g/mol. The van der Waals surface area contributed by atoms with Gasteiger partial charge in [-0.3, -0.25) is 9.79 Å². The van der Waals surface area contributed by atoms with Crippen molar-refractivity contribution in [1.29, 1.82) is 0 Å². The van der Waals surface area contributed by atoms with Crippen molar-refractivity contribution in [2.75, 3.05) is 13.2 Å². The SMILES string of the molecule is CCCCCOc1cc2c(cc1O)C(C(=O)c1ccccc1)=NCC2. The van der Waals surface area contributed by atoms with E-state index in [2.05, 4.69) is 11.9 Å². The predicted octanol–water partition coefficient (Wildman–Crippen LogP) is 4.19. The van der Waals surface area contributed by atoms with Gasteiger partial charge in [0.15, 0.2) is 11.5 Å². The first-order chi connectivity index (χ1) is 12.2. The maximum atomic E-state index is 12.8. The second kappa shape index (κ2) is 7.97. The van der Waals surface area contributed by atoms with Crippen LogP contribution in [0.2, 0.25) is 0 Å². The van der Waals surface area contributed by atoms with Gasteiger partial charge in [-0.15, -0.1) is 0 Å². The molecule has 0 atom stereocenters. The molecule has 0 spiro atoms. The Balaban J connectivity index is 1.84. The molecule has 2 aromatic carbocycles. The summed E-state index contributed by atoms with van der Waals surface area (Å²) in [5, 5.41) is 10.3. The molecule has 1 aliphatic rings. The lowest BCUT2D eigenvalue weighted by molar-refractivity contribution is 0.106. The molecule has 0 radical (unpaired) electrons. The number of hydrogen-bond donors (Lipinski definition) is 1. The lowest BCUT2D eigenvalue weighted by Crippen LogP contribution is -2.22. The zero-order valence-corrected chi connectivity index (χ0v) is 14.5. The Labute approximate surface area is 148 Å².